The molecule has 16 heavy (non-hydrogen) atoms. The summed E-state index contributed by atoms with van der Waals surface area (Å²) in [6.07, 6.45) is -0.213. The Morgan fingerprint density at radius 3 is 2.56 bits per heavy atom. The number of carboxylic acid groups (broad SMARTS) is 1. The summed E-state index contributed by atoms with van der Waals surface area (Å²) >= 11 is 0. The molecule has 0 aliphatic heterocycles. The highest BCUT2D eigenvalue weighted by molar-refractivity contribution is 5.72. The first kappa shape index (κ1) is 11.9. The lowest BCUT2D eigenvalue weighted by Gasteiger charge is -2.11. The molecule has 84 valence electrons. The molecule has 1 aromatic carbocycles. The molecule has 0 fully saturated rings. The highest BCUT2D eigenvalue weighted by atomic mass is 16.5. The van der Waals surface area contributed by atoms with Crippen LogP contribution in [0.2, 0.25) is 0 Å². The lowest BCUT2D eigenvalue weighted by Crippen LogP contribution is -2.04. The van der Waals surface area contributed by atoms with Crippen molar-refractivity contribution >= 4 is 5.97 Å². The fourth-order valence-corrected chi connectivity index (χ4v) is 1.40. The van der Waals surface area contributed by atoms with Crippen molar-refractivity contribution in [2.45, 2.75) is 6.42 Å². The first-order chi connectivity index (χ1) is 7.62. The van der Waals surface area contributed by atoms with Gasteiger partial charge in [0.1, 0.15) is 0 Å². The molecule has 1 aromatic rings. The second-order valence-electron chi connectivity index (χ2n) is 3.05. The van der Waals surface area contributed by atoms with Crippen LogP contribution in [0.15, 0.2) is 12.1 Å². The molecule has 0 aromatic heterocycles. The van der Waals surface area contributed by atoms with Gasteiger partial charge < -0.3 is 14.6 Å². The van der Waals surface area contributed by atoms with Crippen LogP contribution in [0.4, 0.5) is 0 Å². The van der Waals surface area contributed by atoms with Gasteiger partial charge in [0.2, 0.25) is 0 Å². The number of nitriles is 1. The minimum Gasteiger partial charge on any atom is -0.493 e. The van der Waals surface area contributed by atoms with Gasteiger partial charge in [0, 0.05) is 11.6 Å². The van der Waals surface area contributed by atoms with Crippen molar-refractivity contribution in [3.63, 3.8) is 0 Å². The molecule has 5 nitrogen and oxygen atoms in total. The van der Waals surface area contributed by atoms with Crippen LogP contribution in [0.5, 0.6) is 11.5 Å². The Labute approximate surface area is 92.8 Å². The third-order valence-corrected chi connectivity index (χ3v) is 2.03. The van der Waals surface area contributed by atoms with E-state index >= 15 is 0 Å². The Kier molecular flexibility index (Phi) is 3.72. The van der Waals surface area contributed by atoms with E-state index in [9.17, 15) is 4.79 Å². The average Bonchev–Trinajstić information content (AvgIpc) is 2.27. The molecule has 0 saturated heterocycles. The van der Waals surface area contributed by atoms with Crippen LogP contribution < -0.4 is 9.47 Å². The Morgan fingerprint density at radius 1 is 1.44 bits per heavy atom. The predicted octanol–water partition coefficient (Wildman–Crippen LogP) is 1.20. The smallest absolute Gasteiger partial charge is 0.307 e. The Morgan fingerprint density at radius 2 is 2.12 bits per heavy atom. The molecule has 5 heteroatoms. The zero-order chi connectivity index (χ0) is 12.1. The molecule has 0 heterocycles. The van der Waals surface area contributed by atoms with Crippen LogP contribution in [0.1, 0.15) is 11.1 Å². The molecular formula is C11H11NO4. The Hall–Kier alpha value is -2.22. The molecule has 0 bridgehead atoms. The minimum atomic E-state index is -0.990. The molecule has 0 atom stereocenters. The molecule has 0 amide bonds. The van der Waals surface area contributed by atoms with E-state index in [1.165, 1.54) is 26.4 Å². The van der Waals surface area contributed by atoms with Gasteiger partial charge in [-0.25, -0.2) is 0 Å². The lowest BCUT2D eigenvalue weighted by atomic mass is 10.1. The number of aliphatic carboxylic acids is 1. The number of rotatable bonds is 4. The Bertz CT molecular complexity index is 448. The van der Waals surface area contributed by atoms with E-state index in [4.69, 9.17) is 19.8 Å². The van der Waals surface area contributed by atoms with Gasteiger partial charge in [0.05, 0.1) is 32.3 Å². The van der Waals surface area contributed by atoms with Gasteiger partial charge in [-0.2, -0.15) is 5.26 Å². The van der Waals surface area contributed by atoms with Gasteiger partial charge in [-0.15, -0.1) is 0 Å². The molecule has 0 aliphatic carbocycles. The number of carboxylic acids is 1. The van der Waals surface area contributed by atoms with Crippen LogP contribution in [0.3, 0.4) is 0 Å². The largest absolute Gasteiger partial charge is 0.493 e. The summed E-state index contributed by atoms with van der Waals surface area (Å²) in [6, 6.07) is 4.92. The number of ether oxygens (including phenoxy) is 2. The van der Waals surface area contributed by atoms with Crippen LogP contribution in [-0.2, 0) is 11.2 Å². The second kappa shape index (κ2) is 5.03. The van der Waals surface area contributed by atoms with Crippen molar-refractivity contribution in [1.29, 1.82) is 5.26 Å². The van der Waals surface area contributed by atoms with E-state index < -0.39 is 5.97 Å². The van der Waals surface area contributed by atoms with E-state index in [0.29, 0.717) is 22.6 Å². The third kappa shape index (κ3) is 2.42. The van der Waals surface area contributed by atoms with Crippen molar-refractivity contribution < 1.29 is 19.4 Å². The summed E-state index contributed by atoms with van der Waals surface area (Å²) < 4.78 is 10.1. The normalized spacial score (nSPS) is 9.31. The maximum Gasteiger partial charge on any atom is 0.307 e. The topological polar surface area (TPSA) is 79.5 Å². The van der Waals surface area contributed by atoms with Gasteiger partial charge >= 0.3 is 5.97 Å². The van der Waals surface area contributed by atoms with Crippen LogP contribution in [0, 0.1) is 11.3 Å². The number of benzene rings is 1. The van der Waals surface area contributed by atoms with Crippen molar-refractivity contribution in [1.82, 2.24) is 0 Å². The highest BCUT2D eigenvalue weighted by Crippen LogP contribution is 2.32. The first-order valence-corrected chi connectivity index (χ1v) is 4.49. The number of carbonyl (C=O) groups is 1. The van der Waals surface area contributed by atoms with Crippen molar-refractivity contribution in [2.24, 2.45) is 0 Å². The van der Waals surface area contributed by atoms with E-state index in [1.807, 2.05) is 6.07 Å². The highest BCUT2D eigenvalue weighted by Gasteiger charge is 2.14. The number of hydrogen-bond donors (Lipinski definition) is 1. The standard InChI is InChI=1S/C11H11NO4/c1-15-9-4-7(6-12)3-8(5-10(13)14)11(9)16-2/h3-4H,5H2,1-2H3,(H,13,14). The van der Waals surface area contributed by atoms with Gasteiger partial charge in [0.15, 0.2) is 11.5 Å². The summed E-state index contributed by atoms with van der Waals surface area (Å²) in [7, 11) is 2.86. The number of methoxy groups -OCH3 is 2. The summed E-state index contributed by atoms with van der Waals surface area (Å²) in [5, 5.41) is 17.5. The van der Waals surface area contributed by atoms with Crippen LogP contribution in [0.25, 0.3) is 0 Å². The molecule has 1 rings (SSSR count). The average molecular weight is 221 g/mol. The lowest BCUT2D eigenvalue weighted by molar-refractivity contribution is -0.136. The van der Waals surface area contributed by atoms with Crippen LogP contribution in [-0.4, -0.2) is 25.3 Å². The summed E-state index contributed by atoms with van der Waals surface area (Å²) in [5.74, 6) is -0.280. The van der Waals surface area contributed by atoms with Crippen molar-refractivity contribution in [3.8, 4) is 17.6 Å². The predicted molar refractivity (Wildman–Crippen MR) is 55.6 cm³/mol. The SMILES string of the molecule is COc1cc(C#N)cc(CC(=O)O)c1OC. The molecular weight excluding hydrogens is 210 g/mol. The van der Waals surface area contributed by atoms with E-state index in [1.54, 1.807) is 0 Å². The fraction of sp³-hybridized carbons (Fsp3) is 0.273. The maximum absolute atomic E-state index is 10.7. The maximum atomic E-state index is 10.7. The monoisotopic (exact) mass is 221 g/mol. The number of hydrogen-bond acceptors (Lipinski definition) is 4. The van der Waals surface area contributed by atoms with E-state index in [0.717, 1.165) is 0 Å². The summed E-state index contributed by atoms with van der Waals surface area (Å²) in [6.45, 7) is 0. The molecule has 1 N–H and O–H groups in total. The minimum absolute atomic E-state index is 0.213. The quantitative estimate of drug-likeness (QED) is 0.826. The van der Waals surface area contributed by atoms with Crippen molar-refractivity contribution in [2.75, 3.05) is 14.2 Å². The van der Waals surface area contributed by atoms with E-state index in [-0.39, 0.29) is 6.42 Å². The third-order valence-electron chi connectivity index (χ3n) is 2.03. The molecule has 0 aliphatic rings. The van der Waals surface area contributed by atoms with Gasteiger partial charge in [-0.1, -0.05) is 0 Å². The summed E-state index contributed by atoms with van der Waals surface area (Å²) in [4.78, 5) is 10.7. The molecule has 0 spiro atoms. The molecule has 0 unspecified atom stereocenters. The van der Waals surface area contributed by atoms with Gasteiger partial charge in [-0.05, 0) is 6.07 Å². The molecule has 0 radical (unpaired) electrons. The van der Waals surface area contributed by atoms with Crippen LogP contribution >= 0.6 is 0 Å². The Balaban J connectivity index is 3.32. The number of nitrogens with zero attached hydrogens (tertiary/aromatic N) is 1. The second-order valence-corrected chi connectivity index (χ2v) is 3.05. The first-order valence-electron chi connectivity index (χ1n) is 4.49. The summed E-state index contributed by atoms with van der Waals surface area (Å²) in [5.41, 5.74) is 0.764. The molecule has 0 saturated carbocycles. The fourth-order valence-electron chi connectivity index (χ4n) is 1.40. The van der Waals surface area contributed by atoms with Crippen molar-refractivity contribution in [3.05, 3.63) is 23.3 Å². The zero-order valence-electron chi connectivity index (χ0n) is 8.98. The van der Waals surface area contributed by atoms with Gasteiger partial charge in [-0.3, -0.25) is 4.79 Å². The zero-order valence-corrected chi connectivity index (χ0v) is 8.98. The van der Waals surface area contributed by atoms with E-state index in [2.05, 4.69) is 0 Å². The van der Waals surface area contributed by atoms with Gasteiger partial charge in [0.25, 0.3) is 0 Å².